The predicted molar refractivity (Wildman–Crippen MR) is 140 cm³/mol. The van der Waals surface area contributed by atoms with Gasteiger partial charge in [-0.25, -0.2) is 0 Å². The van der Waals surface area contributed by atoms with Gasteiger partial charge in [-0.3, -0.25) is 14.4 Å². The van der Waals surface area contributed by atoms with Gasteiger partial charge < -0.3 is 25.6 Å². The highest BCUT2D eigenvalue weighted by atomic mass is 16.5. The zero-order valence-electron chi connectivity index (χ0n) is 22.0. The van der Waals surface area contributed by atoms with Gasteiger partial charge in [-0.05, 0) is 58.0 Å². The Bertz CT molecular complexity index is 821. The van der Waals surface area contributed by atoms with Crippen molar-refractivity contribution in [3.05, 3.63) is 23.8 Å². The van der Waals surface area contributed by atoms with Gasteiger partial charge >= 0.3 is 0 Å². The van der Waals surface area contributed by atoms with E-state index in [-0.39, 0.29) is 17.4 Å². The van der Waals surface area contributed by atoms with Crippen LogP contribution in [0.1, 0.15) is 88.4 Å². The van der Waals surface area contributed by atoms with E-state index in [9.17, 15) is 14.4 Å². The molecule has 1 aromatic rings. The molecule has 196 valence electrons. The minimum Gasteiger partial charge on any atom is -0.491 e. The lowest BCUT2D eigenvalue weighted by Crippen LogP contribution is -2.54. The number of benzene rings is 1. The van der Waals surface area contributed by atoms with Gasteiger partial charge in [0.1, 0.15) is 11.8 Å². The summed E-state index contributed by atoms with van der Waals surface area (Å²) in [6.45, 7) is 5.27. The van der Waals surface area contributed by atoms with Crippen molar-refractivity contribution in [1.29, 1.82) is 0 Å². The normalized spacial score (nSPS) is 15.5. The molecule has 0 bridgehead atoms. The fourth-order valence-electron chi connectivity index (χ4n) is 4.67. The lowest BCUT2D eigenvalue weighted by molar-refractivity contribution is -0.123. The number of unbranched alkanes of at least 4 members (excludes halogenated alkanes) is 3. The maximum absolute atomic E-state index is 13.0. The summed E-state index contributed by atoms with van der Waals surface area (Å²) in [7, 11) is 4.12. The molecule has 3 N–H and O–H groups in total. The van der Waals surface area contributed by atoms with Gasteiger partial charge in [0, 0.05) is 17.6 Å². The van der Waals surface area contributed by atoms with E-state index >= 15 is 0 Å². The average molecular weight is 489 g/mol. The molecule has 2 rings (SSSR count). The highest BCUT2D eigenvalue weighted by molar-refractivity contribution is 5.99. The van der Waals surface area contributed by atoms with E-state index in [0.717, 1.165) is 44.9 Å². The molecule has 0 aromatic heterocycles. The Hall–Kier alpha value is -2.61. The second kappa shape index (κ2) is 14.7. The number of nitrogens with zero attached hydrogens (tertiary/aromatic N) is 1. The van der Waals surface area contributed by atoms with Crippen LogP contribution in [0.25, 0.3) is 0 Å². The molecule has 1 fully saturated rings. The van der Waals surface area contributed by atoms with Crippen LogP contribution in [-0.4, -0.2) is 62.0 Å². The van der Waals surface area contributed by atoms with Crippen LogP contribution in [0.5, 0.6) is 5.75 Å². The Morgan fingerprint density at radius 2 is 1.86 bits per heavy atom. The summed E-state index contributed by atoms with van der Waals surface area (Å²) in [6.07, 6.45) is 10.7. The zero-order chi connectivity index (χ0) is 25.7. The summed E-state index contributed by atoms with van der Waals surface area (Å²) in [5.74, 6) is 0.00961. The van der Waals surface area contributed by atoms with Gasteiger partial charge in [-0.15, -0.1) is 0 Å². The summed E-state index contributed by atoms with van der Waals surface area (Å²) in [5, 5.41) is 8.60. The van der Waals surface area contributed by atoms with Gasteiger partial charge in [-0.2, -0.15) is 0 Å². The number of ether oxygens (including phenoxy) is 1. The Balaban J connectivity index is 2.03. The van der Waals surface area contributed by atoms with E-state index < -0.39 is 6.04 Å². The lowest BCUT2D eigenvalue weighted by atomic mass is 9.95. The Labute approximate surface area is 210 Å². The number of anilines is 1. The Morgan fingerprint density at radius 1 is 1.11 bits per heavy atom. The molecule has 1 atom stereocenters. The van der Waals surface area contributed by atoms with Crippen LogP contribution in [0.2, 0.25) is 0 Å². The molecule has 3 amide bonds. The van der Waals surface area contributed by atoms with Crippen molar-refractivity contribution in [3.63, 3.8) is 0 Å². The van der Waals surface area contributed by atoms with Crippen molar-refractivity contribution < 1.29 is 19.1 Å². The first kappa shape index (κ1) is 28.6. The van der Waals surface area contributed by atoms with Crippen molar-refractivity contribution in [3.8, 4) is 5.75 Å². The maximum Gasteiger partial charge on any atom is 0.252 e. The number of carbonyl (C=O) groups is 3. The van der Waals surface area contributed by atoms with Crippen molar-refractivity contribution in [2.75, 3.05) is 32.6 Å². The molecule has 35 heavy (non-hydrogen) atoms. The van der Waals surface area contributed by atoms with Gasteiger partial charge in [0.2, 0.25) is 12.3 Å². The SMILES string of the molecule is CCCCCCOc1ccc(C(=O)N[C@@H](CCC)C(=O)NCC2(N(C)C)CCCC2)cc1NC=O. The summed E-state index contributed by atoms with van der Waals surface area (Å²) >= 11 is 0. The predicted octanol–water partition coefficient (Wildman–Crippen LogP) is 4.10. The fourth-order valence-corrected chi connectivity index (χ4v) is 4.67. The molecule has 0 aliphatic heterocycles. The van der Waals surface area contributed by atoms with Crippen molar-refractivity contribution in [2.24, 2.45) is 0 Å². The zero-order valence-corrected chi connectivity index (χ0v) is 22.0. The van der Waals surface area contributed by atoms with Crippen molar-refractivity contribution in [1.82, 2.24) is 15.5 Å². The van der Waals surface area contributed by atoms with E-state index in [4.69, 9.17) is 4.74 Å². The number of rotatable bonds is 16. The van der Waals surface area contributed by atoms with Gasteiger partial charge in [0.25, 0.3) is 5.91 Å². The molecule has 1 aliphatic rings. The van der Waals surface area contributed by atoms with Gasteiger partial charge in [-0.1, -0.05) is 52.4 Å². The van der Waals surface area contributed by atoms with Crippen LogP contribution in [0, 0.1) is 0 Å². The molecule has 1 aliphatic carbocycles. The molecule has 0 radical (unpaired) electrons. The quantitative estimate of drug-likeness (QED) is 0.240. The fraction of sp³-hybridized carbons (Fsp3) is 0.667. The molecule has 8 heteroatoms. The number of nitrogens with one attached hydrogen (secondary N) is 3. The second-order valence-electron chi connectivity index (χ2n) is 9.74. The second-order valence-corrected chi connectivity index (χ2v) is 9.74. The third-order valence-electron chi connectivity index (χ3n) is 6.99. The highest BCUT2D eigenvalue weighted by Crippen LogP contribution is 2.33. The molecular weight excluding hydrogens is 444 g/mol. The minimum atomic E-state index is -0.620. The number of carbonyl (C=O) groups excluding carboxylic acids is 3. The van der Waals surface area contributed by atoms with Crippen LogP contribution in [0.4, 0.5) is 5.69 Å². The number of amides is 3. The standard InChI is InChI=1S/C27H44N4O4/c1-5-7-8-11-17-35-24-14-13-21(18-23(24)29-20-32)25(33)30-22(12-6-2)26(34)28-19-27(31(3)4)15-9-10-16-27/h13-14,18,20,22H,5-12,15-17,19H2,1-4H3,(H,28,34)(H,29,32)(H,30,33)/t22-/m0/s1. The van der Waals surface area contributed by atoms with Gasteiger partial charge in [0.05, 0.1) is 12.3 Å². The van der Waals surface area contributed by atoms with E-state index in [0.29, 0.717) is 43.0 Å². The number of hydrogen-bond acceptors (Lipinski definition) is 5. The third-order valence-corrected chi connectivity index (χ3v) is 6.99. The van der Waals surface area contributed by atoms with E-state index in [2.05, 4.69) is 41.9 Å². The first-order valence-corrected chi connectivity index (χ1v) is 13.1. The summed E-state index contributed by atoms with van der Waals surface area (Å²) in [4.78, 5) is 39.3. The Kier molecular flexibility index (Phi) is 12.0. The molecule has 8 nitrogen and oxygen atoms in total. The molecule has 1 saturated carbocycles. The molecule has 0 unspecified atom stereocenters. The highest BCUT2D eigenvalue weighted by Gasteiger charge is 2.36. The van der Waals surface area contributed by atoms with Crippen LogP contribution in [0.3, 0.4) is 0 Å². The number of hydrogen-bond donors (Lipinski definition) is 3. The minimum absolute atomic E-state index is 0.0157. The third kappa shape index (κ3) is 8.53. The average Bonchev–Trinajstić information content (AvgIpc) is 3.33. The monoisotopic (exact) mass is 488 g/mol. The van der Waals surface area contributed by atoms with Crippen LogP contribution in [0.15, 0.2) is 18.2 Å². The molecule has 1 aromatic carbocycles. The molecule has 0 spiro atoms. The molecule has 0 saturated heterocycles. The summed E-state index contributed by atoms with van der Waals surface area (Å²) < 4.78 is 5.82. The Morgan fingerprint density at radius 3 is 2.49 bits per heavy atom. The molecule has 0 heterocycles. The van der Waals surface area contributed by atoms with E-state index in [1.165, 1.54) is 12.8 Å². The molecular formula is C27H44N4O4. The summed E-state index contributed by atoms with van der Waals surface area (Å²) in [5.41, 5.74) is 0.786. The van der Waals surface area contributed by atoms with Crippen molar-refractivity contribution >= 4 is 23.9 Å². The van der Waals surface area contributed by atoms with Crippen LogP contribution >= 0.6 is 0 Å². The number of likely N-dealkylation sites (N-methyl/N-ethyl adjacent to an activating group) is 1. The van der Waals surface area contributed by atoms with Crippen LogP contribution in [-0.2, 0) is 9.59 Å². The topological polar surface area (TPSA) is 99.8 Å². The van der Waals surface area contributed by atoms with Crippen molar-refractivity contribution in [2.45, 2.75) is 89.6 Å². The first-order chi connectivity index (χ1) is 16.9. The first-order valence-electron chi connectivity index (χ1n) is 13.1. The van der Waals surface area contributed by atoms with E-state index in [1.807, 2.05) is 6.92 Å². The lowest BCUT2D eigenvalue weighted by Gasteiger charge is -2.37. The summed E-state index contributed by atoms with van der Waals surface area (Å²) in [6, 6.07) is 4.32. The maximum atomic E-state index is 13.0. The van der Waals surface area contributed by atoms with E-state index in [1.54, 1.807) is 18.2 Å². The van der Waals surface area contributed by atoms with Gasteiger partial charge in [0.15, 0.2) is 0 Å². The smallest absolute Gasteiger partial charge is 0.252 e. The van der Waals surface area contributed by atoms with Crippen LogP contribution < -0.4 is 20.7 Å². The largest absolute Gasteiger partial charge is 0.491 e.